The van der Waals surface area contributed by atoms with E-state index in [-0.39, 0.29) is 11.9 Å². The summed E-state index contributed by atoms with van der Waals surface area (Å²) in [6, 6.07) is 8.25. The van der Waals surface area contributed by atoms with Gasteiger partial charge in [0.25, 0.3) is 0 Å². The Morgan fingerprint density at radius 1 is 1.34 bits per heavy atom. The number of piperidine rings is 1. The molecule has 2 heterocycles. The molecular weight excluding hydrogens is 384 g/mol. The van der Waals surface area contributed by atoms with E-state index < -0.39 is 0 Å². The van der Waals surface area contributed by atoms with E-state index in [1.54, 1.807) is 7.11 Å². The first kappa shape index (κ1) is 21.6. The standard InChI is InChI=1S/C22H32N4O2S/c1-16(2)26(13-10-21(27)25-11-8-17(3)9-12-25)22-23-20(24-29-22)15-18-6-5-7-19(14-18)28-4/h5-7,14,16-17H,8-13,15H2,1-4H3. The van der Waals surface area contributed by atoms with E-state index in [0.717, 1.165) is 54.1 Å². The summed E-state index contributed by atoms with van der Waals surface area (Å²) < 4.78 is 9.84. The molecule has 29 heavy (non-hydrogen) atoms. The Kier molecular flexibility index (Phi) is 7.47. The number of anilines is 1. The van der Waals surface area contributed by atoms with Gasteiger partial charge in [0, 0.05) is 50.1 Å². The molecule has 0 unspecified atom stereocenters. The van der Waals surface area contributed by atoms with E-state index in [2.05, 4.69) is 36.1 Å². The van der Waals surface area contributed by atoms with Gasteiger partial charge in [0.15, 0.2) is 0 Å². The lowest BCUT2D eigenvalue weighted by atomic mass is 9.99. The molecule has 0 saturated carbocycles. The summed E-state index contributed by atoms with van der Waals surface area (Å²) in [5.41, 5.74) is 1.12. The predicted octanol–water partition coefficient (Wildman–Crippen LogP) is 4.00. The molecule has 0 N–H and O–H groups in total. The molecule has 158 valence electrons. The number of aromatic nitrogens is 2. The van der Waals surface area contributed by atoms with Crippen LogP contribution in [0.3, 0.4) is 0 Å². The Hall–Kier alpha value is -2.15. The average molecular weight is 417 g/mol. The van der Waals surface area contributed by atoms with Crippen molar-refractivity contribution in [3.63, 3.8) is 0 Å². The zero-order valence-corrected chi connectivity index (χ0v) is 18.7. The van der Waals surface area contributed by atoms with Gasteiger partial charge in [-0.25, -0.2) is 4.98 Å². The van der Waals surface area contributed by atoms with Crippen molar-refractivity contribution in [1.29, 1.82) is 0 Å². The smallest absolute Gasteiger partial charge is 0.224 e. The van der Waals surface area contributed by atoms with E-state index in [1.165, 1.54) is 11.5 Å². The molecule has 1 aromatic carbocycles. The van der Waals surface area contributed by atoms with Crippen molar-refractivity contribution in [3.05, 3.63) is 35.7 Å². The lowest BCUT2D eigenvalue weighted by Gasteiger charge is -2.32. The van der Waals surface area contributed by atoms with Crippen LogP contribution in [0.1, 0.15) is 51.4 Å². The number of likely N-dealkylation sites (tertiary alicyclic amines) is 1. The average Bonchev–Trinajstić information content (AvgIpc) is 3.16. The quantitative estimate of drug-likeness (QED) is 0.651. The Morgan fingerprint density at radius 3 is 2.79 bits per heavy atom. The van der Waals surface area contributed by atoms with Crippen LogP contribution in [0, 0.1) is 5.92 Å². The first-order valence-electron chi connectivity index (χ1n) is 10.5. The van der Waals surface area contributed by atoms with Gasteiger partial charge in [0.05, 0.1) is 7.11 Å². The fourth-order valence-corrected chi connectivity index (χ4v) is 4.45. The van der Waals surface area contributed by atoms with E-state index in [1.807, 2.05) is 23.1 Å². The van der Waals surface area contributed by atoms with Crippen LogP contribution >= 0.6 is 11.5 Å². The number of carbonyl (C=O) groups is 1. The minimum Gasteiger partial charge on any atom is -0.497 e. The summed E-state index contributed by atoms with van der Waals surface area (Å²) >= 11 is 1.41. The molecule has 2 aromatic rings. The number of rotatable bonds is 8. The summed E-state index contributed by atoms with van der Waals surface area (Å²) in [6.45, 7) is 9.00. The second-order valence-corrected chi connectivity index (χ2v) is 8.85. The van der Waals surface area contributed by atoms with Gasteiger partial charge >= 0.3 is 0 Å². The van der Waals surface area contributed by atoms with Crippen molar-refractivity contribution >= 4 is 22.6 Å². The highest BCUT2D eigenvalue weighted by Gasteiger charge is 2.22. The zero-order valence-electron chi connectivity index (χ0n) is 17.9. The van der Waals surface area contributed by atoms with Gasteiger partial charge in [-0.1, -0.05) is 19.1 Å². The molecule has 0 atom stereocenters. The lowest BCUT2D eigenvalue weighted by Crippen LogP contribution is -2.40. The number of ether oxygens (including phenoxy) is 1. The Bertz CT molecular complexity index is 800. The molecule has 0 radical (unpaired) electrons. The van der Waals surface area contributed by atoms with Crippen LogP contribution in [0.15, 0.2) is 24.3 Å². The topological polar surface area (TPSA) is 58.6 Å². The third-order valence-electron chi connectivity index (χ3n) is 5.53. The maximum atomic E-state index is 12.6. The number of hydrogen-bond acceptors (Lipinski definition) is 6. The maximum absolute atomic E-state index is 12.6. The van der Waals surface area contributed by atoms with Crippen LogP contribution in [-0.2, 0) is 11.2 Å². The maximum Gasteiger partial charge on any atom is 0.224 e. The van der Waals surface area contributed by atoms with Gasteiger partial charge in [0.1, 0.15) is 11.6 Å². The van der Waals surface area contributed by atoms with Crippen molar-refractivity contribution < 1.29 is 9.53 Å². The third kappa shape index (κ3) is 5.92. The van der Waals surface area contributed by atoms with Crippen molar-refractivity contribution in [2.75, 3.05) is 31.6 Å². The highest BCUT2D eigenvalue weighted by Crippen LogP contribution is 2.23. The first-order valence-corrected chi connectivity index (χ1v) is 11.2. The predicted molar refractivity (Wildman–Crippen MR) is 118 cm³/mol. The summed E-state index contributed by atoms with van der Waals surface area (Å²) in [5, 5.41) is 0.887. The number of methoxy groups -OCH3 is 1. The fraction of sp³-hybridized carbons (Fsp3) is 0.591. The SMILES string of the molecule is COc1cccc(Cc2nsc(N(CCC(=O)N3CCC(C)CC3)C(C)C)n2)c1. The van der Waals surface area contributed by atoms with Crippen LogP contribution in [-0.4, -0.2) is 53.0 Å². The molecule has 3 rings (SSSR count). The van der Waals surface area contributed by atoms with Crippen molar-refractivity contribution in [1.82, 2.24) is 14.3 Å². The molecule has 1 amide bonds. The summed E-state index contributed by atoms with van der Waals surface area (Å²) in [6.07, 6.45) is 3.43. The molecule has 0 spiro atoms. The second kappa shape index (κ2) is 10.1. The summed E-state index contributed by atoms with van der Waals surface area (Å²) in [5.74, 6) is 2.63. The van der Waals surface area contributed by atoms with E-state index in [4.69, 9.17) is 9.72 Å². The number of carbonyl (C=O) groups excluding carboxylic acids is 1. The number of amides is 1. The molecule has 6 nitrogen and oxygen atoms in total. The molecular formula is C22H32N4O2S. The van der Waals surface area contributed by atoms with Crippen LogP contribution in [0.2, 0.25) is 0 Å². The van der Waals surface area contributed by atoms with Gasteiger partial charge < -0.3 is 14.5 Å². The lowest BCUT2D eigenvalue weighted by molar-refractivity contribution is -0.132. The summed E-state index contributed by atoms with van der Waals surface area (Å²) in [7, 11) is 1.67. The Morgan fingerprint density at radius 2 is 2.10 bits per heavy atom. The van der Waals surface area contributed by atoms with E-state index >= 15 is 0 Å². The zero-order chi connectivity index (χ0) is 20.8. The van der Waals surface area contributed by atoms with Crippen LogP contribution < -0.4 is 9.64 Å². The second-order valence-electron chi connectivity index (χ2n) is 8.12. The van der Waals surface area contributed by atoms with Crippen LogP contribution in [0.5, 0.6) is 5.75 Å². The molecule has 1 aromatic heterocycles. The monoisotopic (exact) mass is 416 g/mol. The number of nitrogens with zero attached hydrogens (tertiary/aromatic N) is 4. The van der Waals surface area contributed by atoms with Crippen molar-refractivity contribution in [2.24, 2.45) is 5.92 Å². The van der Waals surface area contributed by atoms with Crippen molar-refractivity contribution in [2.45, 2.75) is 52.5 Å². The molecule has 1 aliphatic rings. The Labute approximate surface area is 178 Å². The fourth-order valence-electron chi connectivity index (χ4n) is 3.61. The largest absolute Gasteiger partial charge is 0.497 e. The van der Waals surface area contributed by atoms with Gasteiger partial charge in [-0.2, -0.15) is 4.37 Å². The van der Waals surface area contributed by atoms with Crippen LogP contribution in [0.25, 0.3) is 0 Å². The van der Waals surface area contributed by atoms with Gasteiger partial charge in [0.2, 0.25) is 11.0 Å². The first-order chi connectivity index (χ1) is 14.0. The van der Waals surface area contributed by atoms with Crippen molar-refractivity contribution in [3.8, 4) is 5.75 Å². The highest BCUT2D eigenvalue weighted by atomic mass is 32.1. The molecule has 7 heteroatoms. The van der Waals surface area contributed by atoms with Gasteiger partial charge in [-0.15, -0.1) is 0 Å². The molecule has 0 aliphatic carbocycles. The Balaban J connectivity index is 1.60. The molecule has 1 aliphatic heterocycles. The number of hydrogen-bond donors (Lipinski definition) is 0. The van der Waals surface area contributed by atoms with Gasteiger partial charge in [-0.3, -0.25) is 4.79 Å². The molecule has 1 fully saturated rings. The minimum atomic E-state index is 0.253. The number of benzene rings is 1. The van der Waals surface area contributed by atoms with E-state index in [0.29, 0.717) is 19.4 Å². The summed E-state index contributed by atoms with van der Waals surface area (Å²) in [4.78, 5) is 21.6. The van der Waals surface area contributed by atoms with Crippen LogP contribution in [0.4, 0.5) is 5.13 Å². The molecule has 0 bridgehead atoms. The molecule has 1 saturated heterocycles. The van der Waals surface area contributed by atoms with Gasteiger partial charge in [-0.05, 0) is 50.3 Å². The normalized spacial score (nSPS) is 15.0. The minimum absolute atomic E-state index is 0.253. The highest BCUT2D eigenvalue weighted by molar-refractivity contribution is 7.09. The van der Waals surface area contributed by atoms with E-state index in [9.17, 15) is 4.79 Å². The third-order valence-corrected chi connectivity index (χ3v) is 6.32.